The number of aryl methyl sites for hydroxylation is 2. The number of rotatable bonds is 6. The number of aromatic nitrogens is 2. The van der Waals surface area contributed by atoms with Crippen molar-refractivity contribution in [2.24, 2.45) is 7.05 Å². The van der Waals surface area contributed by atoms with E-state index in [9.17, 15) is 4.79 Å². The van der Waals surface area contributed by atoms with Crippen molar-refractivity contribution in [3.05, 3.63) is 52.8 Å². The zero-order valence-electron chi connectivity index (χ0n) is 14.0. The Hall–Kier alpha value is -2.10. The van der Waals surface area contributed by atoms with Crippen LogP contribution in [0.1, 0.15) is 35.9 Å². The Balaban J connectivity index is 1.98. The zero-order chi connectivity index (χ0) is 16.1. The van der Waals surface area contributed by atoms with Crippen molar-refractivity contribution in [1.82, 2.24) is 14.7 Å². The summed E-state index contributed by atoms with van der Waals surface area (Å²) in [5, 5.41) is 4.41. The van der Waals surface area contributed by atoms with Gasteiger partial charge in [0.25, 0.3) is 0 Å². The first-order chi connectivity index (χ1) is 10.5. The largest absolute Gasteiger partial charge is 0.339 e. The molecule has 0 aliphatic heterocycles. The molecule has 0 unspecified atom stereocenters. The number of hydrogen-bond acceptors (Lipinski definition) is 2. The van der Waals surface area contributed by atoms with E-state index in [0.29, 0.717) is 13.0 Å². The fraction of sp³-hybridized carbons (Fsp3) is 0.444. The van der Waals surface area contributed by atoms with Crippen molar-refractivity contribution in [3.8, 4) is 0 Å². The van der Waals surface area contributed by atoms with Gasteiger partial charge in [-0.1, -0.05) is 30.3 Å². The summed E-state index contributed by atoms with van der Waals surface area (Å²) in [4.78, 5) is 14.4. The molecule has 0 N–H and O–H groups in total. The van der Waals surface area contributed by atoms with E-state index in [0.717, 1.165) is 24.4 Å². The molecule has 1 aromatic heterocycles. The van der Waals surface area contributed by atoms with Crippen LogP contribution < -0.4 is 0 Å². The molecular weight excluding hydrogens is 274 g/mol. The molecule has 118 valence electrons. The molecule has 0 saturated heterocycles. The Morgan fingerprint density at radius 2 is 1.91 bits per heavy atom. The van der Waals surface area contributed by atoms with E-state index < -0.39 is 0 Å². The molecule has 4 heteroatoms. The summed E-state index contributed by atoms with van der Waals surface area (Å²) in [5.74, 6) is 0.203. The highest BCUT2D eigenvalue weighted by Gasteiger charge is 2.15. The average Bonchev–Trinajstić information content (AvgIpc) is 2.76. The first-order valence-corrected chi connectivity index (χ1v) is 7.83. The molecule has 2 aromatic rings. The van der Waals surface area contributed by atoms with Gasteiger partial charge in [0.2, 0.25) is 5.91 Å². The number of amides is 1. The summed E-state index contributed by atoms with van der Waals surface area (Å²) >= 11 is 0. The third-order valence-electron chi connectivity index (χ3n) is 4.20. The van der Waals surface area contributed by atoms with Gasteiger partial charge in [-0.3, -0.25) is 9.48 Å². The van der Waals surface area contributed by atoms with Crippen LogP contribution in [-0.4, -0.2) is 27.1 Å². The zero-order valence-corrected chi connectivity index (χ0v) is 14.0. The summed E-state index contributed by atoms with van der Waals surface area (Å²) in [6.45, 7) is 7.51. The van der Waals surface area contributed by atoms with E-state index in [1.807, 2.05) is 48.7 Å². The van der Waals surface area contributed by atoms with E-state index in [1.165, 1.54) is 11.1 Å². The Bertz CT molecular complexity index is 631. The highest BCUT2D eigenvalue weighted by molar-refractivity contribution is 5.76. The number of benzene rings is 1. The van der Waals surface area contributed by atoms with Gasteiger partial charge in [-0.05, 0) is 38.3 Å². The summed E-state index contributed by atoms with van der Waals surface area (Å²) in [5.41, 5.74) is 4.55. The standard InChI is InChI=1S/C18H25N3O/c1-5-21(13-16-9-7-6-8-10-16)18(22)12-11-17-14(2)19-20(4)15(17)3/h6-10H,5,11-13H2,1-4H3. The number of nitrogens with zero attached hydrogens (tertiary/aromatic N) is 3. The molecule has 22 heavy (non-hydrogen) atoms. The molecule has 1 amide bonds. The average molecular weight is 299 g/mol. The van der Waals surface area contributed by atoms with Gasteiger partial charge in [0, 0.05) is 32.3 Å². The van der Waals surface area contributed by atoms with Crippen LogP contribution >= 0.6 is 0 Å². The Morgan fingerprint density at radius 1 is 1.23 bits per heavy atom. The van der Waals surface area contributed by atoms with Crippen molar-refractivity contribution in [1.29, 1.82) is 0 Å². The van der Waals surface area contributed by atoms with Gasteiger partial charge in [-0.2, -0.15) is 5.10 Å². The van der Waals surface area contributed by atoms with E-state index in [2.05, 4.69) is 24.2 Å². The van der Waals surface area contributed by atoms with Crippen LogP contribution in [0.15, 0.2) is 30.3 Å². The molecule has 0 aliphatic rings. The SMILES string of the molecule is CCN(Cc1ccccc1)C(=O)CCc1c(C)nn(C)c1C. The first-order valence-electron chi connectivity index (χ1n) is 7.83. The van der Waals surface area contributed by atoms with Crippen LogP contribution in [0.4, 0.5) is 0 Å². The van der Waals surface area contributed by atoms with Crippen molar-refractivity contribution in [2.75, 3.05) is 6.54 Å². The van der Waals surface area contributed by atoms with Crippen LogP contribution in [0, 0.1) is 13.8 Å². The van der Waals surface area contributed by atoms with Gasteiger partial charge in [-0.15, -0.1) is 0 Å². The molecule has 2 rings (SSSR count). The van der Waals surface area contributed by atoms with Crippen LogP contribution in [0.3, 0.4) is 0 Å². The van der Waals surface area contributed by atoms with Crippen molar-refractivity contribution >= 4 is 5.91 Å². The van der Waals surface area contributed by atoms with E-state index >= 15 is 0 Å². The molecule has 0 aliphatic carbocycles. The normalized spacial score (nSPS) is 10.7. The Labute approximate surface area is 132 Å². The summed E-state index contributed by atoms with van der Waals surface area (Å²) in [6, 6.07) is 10.1. The molecule has 4 nitrogen and oxygen atoms in total. The lowest BCUT2D eigenvalue weighted by atomic mass is 10.1. The Morgan fingerprint density at radius 3 is 2.45 bits per heavy atom. The maximum atomic E-state index is 12.5. The van der Waals surface area contributed by atoms with Crippen LogP contribution in [0.25, 0.3) is 0 Å². The monoisotopic (exact) mass is 299 g/mol. The van der Waals surface area contributed by atoms with Gasteiger partial charge in [0.15, 0.2) is 0 Å². The van der Waals surface area contributed by atoms with E-state index in [1.54, 1.807) is 0 Å². The number of hydrogen-bond donors (Lipinski definition) is 0. The van der Waals surface area contributed by atoms with Gasteiger partial charge in [0.05, 0.1) is 5.69 Å². The maximum absolute atomic E-state index is 12.5. The van der Waals surface area contributed by atoms with Gasteiger partial charge in [-0.25, -0.2) is 0 Å². The summed E-state index contributed by atoms with van der Waals surface area (Å²) < 4.78 is 1.89. The fourth-order valence-corrected chi connectivity index (χ4v) is 2.75. The van der Waals surface area contributed by atoms with Crippen LogP contribution in [0.5, 0.6) is 0 Å². The second-order valence-corrected chi connectivity index (χ2v) is 5.67. The smallest absolute Gasteiger partial charge is 0.223 e. The lowest BCUT2D eigenvalue weighted by Gasteiger charge is -2.21. The number of carbonyl (C=O) groups is 1. The van der Waals surface area contributed by atoms with Crippen molar-refractivity contribution < 1.29 is 4.79 Å². The molecule has 0 spiro atoms. The van der Waals surface area contributed by atoms with Crippen molar-refractivity contribution in [3.63, 3.8) is 0 Å². The first kappa shape index (κ1) is 16.3. The summed E-state index contributed by atoms with van der Waals surface area (Å²) in [6.07, 6.45) is 1.30. The minimum Gasteiger partial charge on any atom is -0.339 e. The molecule has 0 atom stereocenters. The number of carbonyl (C=O) groups excluding carboxylic acids is 1. The van der Waals surface area contributed by atoms with Crippen LogP contribution in [-0.2, 0) is 24.8 Å². The van der Waals surface area contributed by atoms with Gasteiger partial charge >= 0.3 is 0 Å². The molecular formula is C18H25N3O. The Kier molecular flexibility index (Phi) is 5.36. The molecule has 1 heterocycles. The molecule has 0 saturated carbocycles. The quantitative estimate of drug-likeness (QED) is 0.822. The predicted molar refractivity (Wildman–Crippen MR) is 88.5 cm³/mol. The summed E-state index contributed by atoms with van der Waals surface area (Å²) in [7, 11) is 1.95. The fourth-order valence-electron chi connectivity index (χ4n) is 2.75. The molecule has 0 bridgehead atoms. The third-order valence-corrected chi connectivity index (χ3v) is 4.20. The molecule has 0 fully saturated rings. The molecule has 0 radical (unpaired) electrons. The predicted octanol–water partition coefficient (Wildman–Crippen LogP) is 3.02. The lowest BCUT2D eigenvalue weighted by Crippen LogP contribution is -2.30. The minimum atomic E-state index is 0.203. The second kappa shape index (κ2) is 7.25. The van der Waals surface area contributed by atoms with Crippen molar-refractivity contribution in [2.45, 2.75) is 40.2 Å². The van der Waals surface area contributed by atoms with Gasteiger partial charge < -0.3 is 4.90 Å². The second-order valence-electron chi connectivity index (χ2n) is 5.67. The lowest BCUT2D eigenvalue weighted by molar-refractivity contribution is -0.131. The third kappa shape index (κ3) is 3.75. The molecule has 1 aromatic carbocycles. The van der Waals surface area contributed by atoms with Crippen LogP contribution in [0.2, 0.25) is 0 Å². The maximum Gasteiger partial charge on any atom is 0.223 e. The highest BCUT2D eigenvalue weighted by Crippen LogP contribution is 2.15. The van der Waals surface area contributed by atoms with Gasteiger partial charge in [0.1, 0.15) is 0 Å². The topological polar surface area (TPSA) is 38.1 Å². The highest BCUT2D eigenvalue weighted by atomic mass is 16.2. The van der Waals surface area contributed by atoms with E-state index in [4.69, 9.17) is 0 Å². The van der Waals surface area contributed by atoms with E-state index in [-0.39, 0.29) is 5.91 Å². The minimum absolute atomic E-state index is 0.203.